The largest absolute Gasteiger partial charge is 0.351 e. The number of carbonyl (C=O) groups excluding carboxylic acids is 2. The molecule has 0 radical (unpaired) electrons. The van der Waals surface area contributed by atoms with Crippen LogP contribution in [0.1, 0.15) is 32.6 Å². The summed E-state index contributed by atoms with van der Waals surface area (Å²) >= 11 is 1.69. The van der Waals surface area contributed by atoms with Gasteiger partial charge in [-0.1, -0.05) is 6.92 Å². The Bertz CT molecular complexity index is 331. The highest BCUT2D eigenvalue weighted by Gasteiger charge is 2.40. The molecule has 1 aliphatic carbocycles. The highest BCUT2D eigenvalue weighted by molar-refractivity contribution is 7.98. The van der Waals surface area contributed by atoms with Crippen LogP contribution in [0.25, 0.3) is 0 Å². The molecule has 1 saturated heterocycles. The van der Waals surface area contributed by atoms with Crippen LogP contribution >= 0.6 is 11.8 Å². The molecule has 1 saturated carbocycles. The van der Waals surface area contributed by atoms with Crippen LogP contribution in [-0.4, -0.2) is 35.9 Å². The second-order valence-electron chi connectivity index (χ2n) is 5.44. The van der Waals surface area contributed by atoms with Gasteiger partial charge < -0.3 is 10.6 Å². The number of rotatable bonds is 5. The van der Waals surface area contributed by atoms with Crippen molar-refractivity contribution in [2.24, 2.45) is 11.8 Å². The molecule has 4 nitrogen and oxygen atoms in total. The first-order chi connectivity index (χ1) is 8.61. The summed E-state index contributed by atoms with van der Waals surface area (Å²) in [6.45, 7) is 1.96. The number of piperidine rings is 1. The summed E-state index contributed by atoms with van der Waals surface area (Å²) in [6, 6.07) is 0.295. The molecule has 18 heavy (non-hydrogen) atoms. The van der Waals surface area contributed by atoms with Gasteiger partial charge in [0.2, 0.25) is 11.8 Å². The van der Waals surface area contributed by atoms with E-state index in [9.17, 15) is 9.59 Å². The van der Waals surface area contributed by atoms with Crippen LogP contribution in [0.2, 0.25) is 0 Å². The second kappa shape index (κ2) is 5.95. The molecule has 3 unspecified atom stereocenters. The Morgan fingerprint density at radius 1 is 1.50 bits per heavy atom. The van der Waals surface area contributed by atoms with Crippen molar-refractivity contribution in [1.82, 2.24) is 10.6 Å². The van der Waals surface area contributed by atoms with Crippen LogP contribution in [-0.2, 0) is 9.59 Å². The average Bonchev–Trinajstić information content (AvgIpc) is 3.15. The Morgan fingerprint density at radius 3 is 2.83 bits per heavy atom. The maximum atomic E-state index is 12.0. The normalized spacial score (nSPS) is 29.6. The van der Waals surface area contributed by atoms with Gasteiger partial charge in [-0.15, -0.1) is 0 Å². The molecule has 1 heterocycles. The van der Waals surface area contributed by atoms with Crippen molar-refractivity contribution in [3.05, 3.63) is 0 Å². The topological polar surface area (TPSA) is 58.2 Å². The Hall–Kier alpha value is -0.710. The van der Waals surface area contributed by atoms with Gasteiger partial charge in [0.05, 0.1) is 6.04 Å². The van der Waals surface area contributed by atoms with Crippen molar-refractivity contribution < 1.29 is 9.59 Å². The van der Waals surface area contributed by atoms with E-state index in [1.165, 1.54) is 12.8 Å². The smallest absolute Gasteiger partial charge is 0.223 e. The minimum atomic E-state index is 0.0393. The molecule has 0 aromatic heterocycles. The summed E-state index contributed by atoms with van der Waals surface area (Å²) in [5.41, 5.74) is 0. The van der Waals surface area contributed by atoms with E-state index in [0.29, 0.717) is 12.3 Å². The zero-order chi connectivity index (χ0) is 13.1. The van der Waals surface area contributed by atoms with Crippen molar-refractivity contribution in [3.63, 3.8) is 0 Å². The minimum Gasteiger partial charge on any atom is -0.351 e. The molecule has 102 valence electrons. The molecule has 5 heteroatoms. The fourth-order valence-electron chi connectivity index (χ4n) is 2.54. The molecule has 2 fully saturated rings. The third-order valence-corrected chi connectivity index (χ3v) is 4.60. The Balaban J connectivity index is 1.90. The number of nitrogens with one attached hydrogen (secondary N) is 2. The number of thioether (sulfide) groups is 1. The van der Waals surface area contributed by atoms with Crippen molar-refractivity contribution in [1.29, 1.82) is 0 Å². The first-order valence-electron chi connectivity index (χ1n) is 6.70. The zero-order valence-electron chi connectivity index (χ0n) is 11.1. The van der Waals surface area contributed by atoms with Crippen molar-refractivity contribution in [3.8, 4) is 0 Å². The van der Waals surface area contributed by atoms with E-state index >= 15 is 0 Å². The quantitative estimate of drug-likeness (QED) is 0.788. The lowest BCUT2D eigenvalue weighted by atomic mass is 9.93. The Labute approximate surface area is 113 Å². The standard InChI is InChI=1S/C13H22N2O2S/c1-8(7-18-2)13(17)14-10-5-6-11(16)15-12(10)9-3-4-9/h8-10,12H,3-7H2,1-2H3,(H,14,17)(H,15,16). The summed E-state index contributed by atoms with van der Waals surface area (Å²) in [5.74, 6) is 1.72. The SMILES string of the molecule is CSCC(C)C(=O)NC1CCC(=O)NC1C1CC1. The highest BCUT2D eigenvalue weighted by Crippen LogP contribution is 2.36. The van der Waals surface area contributed by atoms with Crippen LogP contribution in [0.15, 0.2) is 0 Å². The van der Waals surface area contributed by atoms with Crippen molar-refractivity contribution in [2.75, 3.05) is 12.0 Å². The lowest BCUT2D eigenvalue weighted by molar-refractivity contribution is -0.128. The van der Waals surface area contributed by atoms with Gasteiger partial charge in [-0.2, -0.15) is 11.8 Å². The lowest BCUT2D eigenvalue weighted by Gasteiger charge is -2.33. The number of amides is 2. The van der Waals surface area contributed by atoms with Gasteiger partial charge >= 0.3 is 0 Å². The average molecular weight is 270 g/mol. The molecule has 0 bridgehead atoms. The summed E-state index contributed by atoms with van der Waals surface area (Å²) in [5, 5.41) is 6.17. The van der Waals surface area contributed by atoms with Crippen LogP contribution < -0.4 is 10.6 Å². The van der Waals surface area contributed by atoms with Gasteiger partial charge in [0.15, 0.2) is 0 Å². The zero-order valence-corrected chi connectivity index (χ0v) is 11.9. The predicted molar refractivity (Wildman–Crippen MR) is 73.4 cm³/mol. The monoisotopic (exact) mass is 270 g/mol. The fraction of sp³-hybridized carbons (Fsp3) is 0.846. The van der Waals surface area contributed by atoms with Crippen molar-refractivity contribution in [2.45, 2.75) is 44.7 Å². The van der Waals surface area contributed by atoms with E-state index in [1.807, 2.05) is 13.2 Å². The molecule has 2 rings (SSSR count). The molecule has 3 atom stereocenters. The molecule has 0 aromatic rings. The van der Waals surface area contributed by atoms with Crippen LogP contribution in [0.5, 0.6) is 0 Å². The summed E-state index contributed by atoms with van der Waals surface area (Å²) in [4.78, 5) is 23.5. The second-order valence-corrected chi connectivity index (χ2v) is 6.35. The number of hydrogen-bond acceptors (Lipinski definition) is 3. The van der Waals surface area contributed by atoms with Gasteiger partial charge in [0, 0.05) is 24.1 Å². The van der Waals surface area contributed by atoms with E-state index in [0.717, 1.165) is 12.2 Å². The molecular formula is C13H22N2O2S. The van der Waals surface area contributed by atoms with E-state index in [1.54, 1.807) is 11.8 Å². The Morgan fingerprint density at radius 2 is 2.22 bits per heavy atom. The third-order valence-electron chi connectivity index (χ3n) is 3.77. The Kier molecular flexibility index (Phi) is 4.54. The van der Waals surface area contributed by atoms with Gasteiger partial charge in [-0.3, -0.25) is 9.59 Å². The molecule has 2 N–H and O–H groups in total. The van der Waals surface area contributed by atoms with Crippen LogP contribution in [0.4, 0.5) is 0 Å². The van der Waals surface area contributed by atoms with Crippen molar-refractivity contribution >= 4 is 23.6 Å². The van der Waals surface area contributed by atoms with E-state index in [2.05, 4.69) is 10.6 Å². The molecule has 2 amide bonds. The lowest BCUT2D eigenvalue weighted by Crippen LogP contribution is -2.57. The van der Waals surface area contributed by atoms with Crippen LogP contribution in [0, 0.1) is 11.8 Å². The third kappa shape index (κ3) is 3.40. The van der Waals surface area contributed by atoms with E-state index in [4.69, 9.17) is 0 Å². The number of carbonyl (C=O) groups is 2. The van der Waals surface area contributed by atoms with E-state index < -0.39 is 0 Å². The molecule has 2 aliphatic rings. The summed E-state index contributed by atoms with van der Waals surface area (Å²) in [7, 11) is 0. The van der Waals surface area contributed by atoms with Gasteiger partial charge in [0.1, 0.15) is 0 Å². The predicted octanol–water partition coefficient (Wildman–Crippen LogP) is 1.16. The first kappa shape index (κ1) is 13.7. The molecular weight excluding hydrogens is 248 g/mol. The summed E-state index contributed by atoms with van der Waals surface area (Å²) in [6.07, 6.45) is 5.68. The van der Waals surface area contributed by atoms with Gasteiger partial charge in [-0.25, -0.2) is 0 Å². The van der Waals surface area contributed by atoms with Crippen LogP contribution in [0.3, 0.4) is 0 Å². The molecule has 0 aromatic carbocycles. The van der Waals surface area contributed by atoms with E-state index in [-0.39, 0.29) is 29.8 Å². The maximum Gasteiger partial charge on any atom is 0.223 e. The first-order valence-corrected chi connectivity index (χ1v) is 8.10. The maximum absolute atomic E-state index is 12.0. The van der Waals surface area contributed by atoms with Gasteiger partial charge in [0.25, 0.3) is 0 Å². The minimum absolute atomic E-state index is 0.0393. The summed E-state index contributed by atoms with van der Waals surface area (Å²) < 4.78 is 0. The molecule has 1 aliphatic heterocycles. The number of hydrogen-bond donors (Lipinski definition) is 2. The molecule has 0 spiro atoms. The fourth-order valence-corrected chi connectivity index (χ4v) is 3.19. The highest BCUT2D eigenvalue weighted by atomic mass is 32.2. The van der Waals surface area contributed by atoms with Gasteiger partial charge in [-0.05, 0) is 31.4 Å².